The lowest BCUT2D eigenvalue weighted by atomic mass is 9.95. The molecular weight excluding hydrogens is 238 g/mol. The van der Waals surface area contributed by atoms with Crippen molar-refractivity contribution in [3.05, 3.63) is 35.4 Å². The lowest BCUT2D eigenvalue weighted by molar-refractivity contribution is -0.129. The number of β-amino-alcohol motifs (C(OH)–C–C–N with tert-alkyl or cyclic N) is 1. The highest BCUT2D eigenvalue weighted by molar-refractivity contribution is 5.78. The molecule has 1 aromatic rings. The summed E-state index contributed by atoms with van der Waals surface area (Å²) < 4.78 is 0. The monoisotopic (exact) mass is 261 g/mol. The Kier molecular flexibility index (Phi) is 4.25. The van der Waals surface area contributed by atoms with Crippen LogP contribution < -0.4 is 0 Å². The standard InChI is InChI=1S/C16H23NO2/c1-11(2)14-8-16(19)17(9-14)10-15(18)13-6-4-12(3)5-7-13/h4-7,11,14-15,18H,8-10H2,1-3H3. The van der Waals surface area contributed by atoms with Crippen LogP contribution in [0.2, 0.25) is 0 Å². The number of aryl methyl sites for hydroxylation is 1. The van der Waals surface area contributed by atoms with E-state index in [1.54, 1.807) is 4.90 Å². The Morgan fingerprint density at radius 2 is 1.95 bits per heavy atom. The minimum absolute atomic E-state index is 0.171. The Balaban J connectivity index is 1.97. The molecule has 2 rings (SSSR count). The maximum absolute atomic E-state index is 11.9. The van der Waals surface area contributed by atoms with Crippen molar-refractivity contribution >= 4 is 5.91 Å². The van der Waals surface area contributed by atoms with E-state index < -0.39 is 6.10 Å². The smallest absolute Gasteiger partial charge is 0.223 e. The Morgan fingerprint density at radius 1 is 1.32 bits per heavy atom. The summed E-state index contributed by atoms with van der Waals surface area (Å²) in [6.45, 7) is 7.51. The molecule has 0 aromatic heterocycles. The highest BCUT2D eigenvalue weighted by Gasteiger charge is 2.32. The van der Waals surface area contributed by atoms with Gasteiger partial charge in [0.25, 0.3) is 0 Å². The van der Waals surface area contributed by atoms with Crippen molar-refractivity contribution in [3.63, 3.8) is 0 Å². The molecule has 0 radical (unpaired) electrons. The van der Waals surface area contributed by atoms with Crippen molar-refractivity contribution in [2.75, 3.05) is 13.1 Å². The highest BCUT2D eigenvalue weighted by Crippen LogP contribution is 2.26. The van der Waals surface area contributed by atoms with E-state index in [0.717, 1.165) is 12.1 Å². The molecule has 0 aliphatic carbocycles. The van der Waals surface area contributed by atoms with Gasteiger partial charge in [0, 0.05) is 13.0 Å². The van der Waals surface area contributed by atoms with Gasteiger partial charge in [-0.1, -0.05) is 43.7 Å². The van der Waals surface area contributed by atoms with Gasteiger partial charge in [0.2, 0.25) is 5.91 Å². The van der Waals surface area contributed by atoms with E-state index in [1.165, 1.54) is 5.56 Å². The van der Waals surface area contributed by atoms with Gasteiger partial charge in [0.1, 0.15) is 0 Å². The van der Waals surface area contributed by atoms with E-state index in [9.17, 15) is 9.90 Å². The quantitative estimate of drug-likeness (QED) is 0.904. The largest absolute Gasteiger partial charge is 0.387 e. The lowest BCUT2D eigenvalue weighted by Gasteiger charge is -2.21. The SMILES string of the molecule is Cc1ccc(C(O)CN2CC(C(C)C)CC2=O)cc1. The zero-order valence-corrected chi connectivity index (χ0v) is 12.0. The molecule has 0 bridgehead atoms. The van der Waals surface area contributed by atoms with Gasteiger partial charge >= 0.3 is 0 Å². The highest BCUT2D eigenvalue weighted by atomic mass is 16.3. The van der Waals surface area contributed by atoms with Crippen molar-refractivity contribution < 1.29 is 9.90 Å². The molecule has 104 valence electrons. The van der Waals surface area contributed by atoms with Gasteiger partial charge in [-0.25, -0.2) is 0 Å². The number of hydrogen-bond acceptors (Lipinski definition) is 2. The van der Waals surface area contributed by atoms with E-state index in [4.69, 9.17) is 0 Å². The van der Waals surface area contributed by atoms with Gasteiger partial charge in [-0.2, -0.15) is 0 Å². The third kappa shape index (κ3) is 3.35. The molecule has 2 atom stereocenters. The number of likely N-dealkylation sites (tertiary alicyclic amines) is 1. The van der Waals surface area contributed by atoms with Crippen LogP contribution in [0.1, 0.15) is 37.5 Å². The van der Waals surface area contributed by atoms with Gasteiger partial charge in [0.15, 0.2) is 0 Å². The van der Waals surface area contributed by atoms with E-state index in [-0.39, 0.29) is 5.91 Å². The number of nitrogens with zero attached hydrogens (tertiary/aromatic N) is 1. The van der Waals surface area contributed by atoms with Crippen molar-refractivity contribution in [2.24, 2.45) is 11.8 Å². The summed E-state index contributed by atoms with van der Waals surface area (Å²) in [5, 5.41) is 10.2. The minimum atomic E-state index is -0.588. The molecule has 0 spiro atoms. The number of carbonyl (C=O) groups is 1. The van der Waals surface area contributed by atoms with Crippen LogP contribution in [-0.2, 0) is 4.79 Å². The van der Waals surface area contributed by atoms with Crippen LogP contribution in [0.3, 0.4) is 0 Å². The fraction of sp³-hybridized carbons (Fsp3) is 0.562. The number of rotatable bonds is 4. The van der Waals surface area contributed by atoms with Crippen LogP contribution in [0, 0.1) is 18.8 Å². The molecule has 1 heterocycles. The van der Waals surface area contributed by atoms with Crippen LogP contribution in [0.5, 0.6) is 0 Å². The average molecular weight is 261 g/mol. The van der Waals surface area contributed by atoms with Gasteiger partial charge in [-0.15, -0.1) is 0 Å². The number of carbonyl (C=O) groups excluding carboxylic acids is 1. The molecule has 2 unspecified atom stereocenters. The fourth-order valence-corrected chi connectivity index (χ4v) is 2.53. The first kappa shape index (κ1) is 14.1. The summed E-state index contributed by atoms with van der Waals surface area (Å²) in [5.74, 6) is 1.12. The fourth-order valence-electron chi connectivity index (χ4n) is 2.53. The van der Waals surface area contributed by atoms with E-state index in [2.05, 4.69) is 13.8 Å². The Hall–Kier alpha value is -1.35. The number of amides is 1. The second kappa shape index (κ2) is 5.74. The Morgan fingerprint density at radius 3 is 2.47 bits per heavy atom. The summed E-state index contributed by atoms with van der Waals surface area (Å²) in [4.78, 5) is 13.7. The molecule has 1 fully saturated rings. The molecule has 1 aliphatic heterocycles. The number of aliphatic hydroxyl groups excluding tert-OH is 1. The first-order valence-electron chi connectivity index (χ1n) is 6.99. The van der Waals surface area contributed by atoms with Crippen LogP contribution in [-0.4, -0.2) is 29.0 Å². The summed E-state index contributed by atoms with van der Waals surface area (Å²) >= 11 is 0. The van der Waals surface area contributed by atoms with Gasteiger partial charge in [-0.3, -0.25) is 4.79 Å². The maximum atomic E-state index is 11.9. The predicted octanol–water partition coefficient (Wildman–Crippen LogP) is 2.53. The van der Waals surface area contributed by atoms with E-state index >= 15 is 0 Å². The van der Waals surface area contributed by atoms with Crippen molar-refractivity contribution in [3.8, 4) is 0 Å². The molecule has 1 aliphatic rings. The van der Waals surface area contributed by atoms with E-state index in [1.807, 2.05) is 31.2 Å². The van der Waals surface area contributed by atoms with Gasteiger partial charge in [0.05, 0.1) is 12.6 Å². The third-order valence-corrected chi connectivity index (χ3v) is 4.04. The zero-order valence-electron chi connectivity index (χ0n) is 12.0. The average Bonchev–Trinajstić information content (AvgIpc) is 2.72. The van der Waals surface area contributed by atoms with Crippen molar-refractivity contribution in [2.45, 2.75) is 33.3 Å². The van der Waals surface area contributed by atoms with Gasteiger partial charge in [-0.05, 0) is 24.3 Å². The van der Waals surface area contributed by atoms with E-state index in [0.29, 0.717) is 24.8 Å². The first-order chi connectivity index (χ1) is 8.97. The summed E-state index contributed by atoms with van der Waals surface area (Å²) in [7, 11) is 0. The summed E-state index contributed by atoms with van der Waals surface area (Å²) in [6, 6.07) is 7.84. The second-order valence-electron chi connectivity index (χ2n) is 5.93. The van der Waals surface area contributed by atoms with Crippen molar-refractivity contribution in [1.29, 1.82) is 0 Å². The number of hydrogen-bond donors (Lipinski definition) is 1. The summed E-state index contributed by atoms with van der Waals surface area (Å²) in [6.07, 6.45) is 0.0358. The molecule has 19 heavy (non-hydrogen) atoms. The predicted molar refractivity (Wildman–Crippen MR) is 75.7 cm³/mol. The molecule has 3 heteroatoms. The molecule has 0 saturated carbocycles. The third-order valence-electron chi connectivity index (χ3n) is 4.04. The molecule has 1 aromatic carbocycles. The van der Waals surface area contributed by atoms with Crippen LogP contribution >= 0.6 is 0 Å². The normalized spacial score (nSPS) is 21.2. The van der Waals surface area contributed by atoms with Crippen LogP contribution in [0.15, 0.2) is 24.3 Å². The van der Waals surface area contributed by atoms with Crippen molar-refractivity contribution in [1.82, 2.24) is 4.90 Å². The molecule has 1 N–H and O–H groups in total. The zero-order chi connectivity index (χ0) is 14.0. The molecule has 1 amide bonds. The Labute approximate surface area is 115 Å². The first-order valence-corrected chi connectivity index (χ1v) is 6.99. The maximum Gasteiger partial charge on any atom is 0.223 e. The number of benzene rings is 1. The molecule has 1 saturated heterocycles. The van der Waals surface area contributed by atoms with Crippen LogP contribution in [0.4, 0.5) is 0 Å². The number of aliphatic hydroxyl groups is 1. The molecular formula is C16H23NO2. The van der Waals surface area contributed by atoms with Gasteiger partial charge < -0.3 is 10.0 Å². The second-order valence-corrected chi connectivity index (χ2v) is 5.93. The van der Waals surface area contributed by atoms with Crippen LogP contribution in [0.25, 0.3) is 0 Å². The summed E-state index contributed by atoms with van der Waals surface area (Å²) in [5.41, 5.74) is 2.06. The minimum Gasteiger partial charge on any atom is -0.387 e. The Bertz CT molecular complexity index is 439. The lowest BCUT2D eigenvalue weighted by Crippen LogP contribution is -2.30. The topological polar surface area (TPSA) is 40.5 Å². The molecule has 3 nitrogen and oxygen atoms in total.